The lowest BCUT2D eigenvalue weighted by molar-refractivity contribution is -0.151. The molecule has 1 aliphatic heterocycles. The molecule has 36 heavy (non-hydrogen) atoms. The number of nitrogens with one attached hydrogen (secondary N) is 1. The molecule has 0 unspecified atom stereocenters. The number of amides is 3. The van der Waals surface area contributed by atoms with Crippen molar-refractivity contribution in [3.05, 3.63) is 61.0 Å². The van der Waals surface area contributed by atoms with Crippen molar-refractivity contribution in [3.63, 3.8) is 0 Å². The van der Waals surface area contributed by atoms with Crippen molar-refractivity contribution in [1.82, 2.24) is 4.90 Å². The number of ether oxygens (including phenoxy) is 1. The molecule has 0 aromatic heterocycles. The Morgan fingerprint density at radius 1 is 0.889 bits per heavy atom. The number of hydrogen-bond donors (Lipinski definition) is 1. The molecule has 0 aliphatic carbocycles. The summed E-state index contributed by atoms with van der Waals surface area (Å²) in [7, 11) is 0. The van der Waals surface area contributed by atoms with Gasteiger partial charge in [-0.1, -0.05) is 92.3 Å². The van der Waals surface area contributed by atoms with E-state index in [4.69, 9.17) is 51.1 Å². The van der Waals surface area contributed by atoms with Crippen LogP contribution in [0, 0.1) is 5.92 Å². The van der Waals surface area contributed by atoms with Crippen LogP contribution in [0.25, 0.3) is 0 Å². The second-order valence-electron chi connectivity index (χ2n) is 9.03. The number of fused-ring (bicyclic) bond motifs is 1. The van der Waals surface area contributed by atoms with Crippen LogP contribution in [0.5, 0.6) is 0 Å². The molecule has 0 fully saturated rings. The van der Waals surface area contributed by atoms with Gasteiger partial charge in [0.1, 0.15) is 6.04 Å². The Bertz CT molecular complexity index is 1200. The summed E-state index contributed by atoms with van der Waals surface area (Å²) >= 11 is 24.5. The van der Waals surface area contributed by atoms with E-state index in [1.54, 1.807) is 12.1 Å². The van der Waals surface area contributed by atoms with E-state index in [2.05, 4.69) is 5.32 Å². The van der Waals surface area contributed by atoms with Crippen LogP contribution in [0.4, 0.5) is 5.69 Å². The summed E-state index contributed by atoms with van der Waals surface area (Å²) in [5.41, 5.74) is 1.06. The molecular weight excluding hydrogens is 550 g/mol. The van der Waals surface area contributed by atoms with Gasteiger partial charge in [0.2, 0.25) is 0 Å². The molecule has 192 valence electrons. The summed E-state index contributed by atoms with van der Waals surface area (Å²) in [5, 5.41) is 1.91. The smallest absolute Gasteiger partial charge is 0.329 e. The van der Waals surface area contributed by atoms with E-state index in [1.807, 2.05) is 39.8 Å². The topological polar surface area (TPSA) is 92.8 Å². The predicted molar refractivity (Wildman–Crippen MR) is 140 cm³/mol. The Balaban J connectivity index is 1.82. The maximum Gasteiger partial charge on any atom is 0.329 e. The first-order valence-corrected chi connectivity index (χ1v) is 12.7. The minimum atomic E-state index is -1.32. The van der Waals surface area contributed by atoms with Crippen molar-refractivity contribution in [3.8, 4) is 0 Å². The van der Waals surface area contributed by atoms with Crippen molar-refractivity contribution >= 4 is 75.8 Å². The first-order chi connectivity index (χ1) is 16.9. The molecule has 0 bridgehead atoms. The number of benzene rings is 2. The Morgan fingerprint density at radius 3 is 1.92 bits per heavy atom. The monoisotopic (exact) mass is 572 g/mol. The maximum atomic E-state index is 13.2. The van der Waals surface area contributed by atoms with Gasteiger partial charge >= 0.3 is 5.97 Å². The highest BCUT2D eigenvalue weighted by molar-refractivity contribution is 6.55. The van der Waals surface area contributed by atoms with E-state index in [9.17, 15) is 19.2 Å². The normalized spacial score (nSPS) is 13.9. The Kier molecular flexibility index (Phi) is 8.93. The predicted octanol–water partition coefficient (Wildman–Crippen LogP) is 6.62. The van der Waals surface area contributed by atoms with Crippen LogP contribution in [0.2, 0.25) is 20.1 Å². The Morgan fingerprint density at radius 2 is 1.42 bits per heavy atom. The fourth-order valence-corrected chi connectivity index (χ4v) is 4.95. The number of esters is 1. The molecule has 2 aromatic rings. The lowest BCUT2D eigenvalue weighted by Crippen LogP contribution is -2.47. The highest BCUT2D eigenvalue weighted by Crippen LogP contribution is 2.45. The Hall–Kier alpha value is -2.32. The average molecular weight is 574 g/mol. The van der Waals surface area contributed by atoms with Crippen LogP contribution in [0.3, 0.4) is 0 Å². The van der Waals surface area contributed by atoms with E-state index in [0.29, 0.717) is 5.69 Å². The van der Waals surface area contributed by atoms with Crippen LogP contribution in [-0.2, 0) is 14.3 Å². The highest BCUT2D eigenvalue weighted by Gasteiger charge is 2.47. The number of rotatable bonds is 8. The third kappa shape index (κ3) is 5.49. The molecule has 3 rings (SSSR count). The van der Waals surface area contributed by atoms with E-state index in [1.165, 1.54) is 0 Å². The van der Waals surface area contributed by atoms with Gasteiger partial charge in [0.15, 0.2) is 6.61 Å². The maximum absolute atomic E-state index is 13.2. The summed E-state index contributed by atoms with van der Waals surface area (Å²) in [4.78, 5) is 52.8. The Labute approximate surface area is 229 Å². The molecule has 0 saturated heterocycles. The molecular formula is C25H24Cl4N2O5. The zero-order chi connectivity index (χ0) is 26.9. The second-order valence-corrected chi connectivity index (χ2v) is 10.5. The summed E-state index contributed by atoms with van der Waals surface area (Å²) in [6.45, 7) is 6.98. The number of hydrogen-bond acceptors (Lipinski definition) is 5. The number of halogens is 4. The molecule has 7 nitrogen and oxygen atoms in total. The first kappa shape index (κ1) is 28.3. The fraction of sp³-hybridized carbons (Fsp3) is 0.360. The quantitative estimate of drug-likeness (QED) is 0.166. The summed E-state index contributed by atoms with van der Waals surface area (Å²) in [6, 6.07) is 5.96. The molecule has 1 aliphatic rings. The van der Waals surface area contributed by atoms with Gasteiger partial charge in [0.25, 0.3) is 17.7 Å². The standard InChI is InChI=1S/C25H24Cl4N2O5/c1-11(2)9-15(25(35)36-10-16(32)30-14-8-6-5-7-13(14)12(3)4)31-23(33)17-18(24(31)34)20(27)22(29)21(28)19(17)26/h5-8,11-12,15H,9-10H2,1-4H3,(H,30,32)/t15-/m1/s1. The van der Waals surface area contributed by atoms with Gasteiger partial charge in [-0.3, -0.25) is 19.3 Å². The zero-order valence-corrected chi connectivity index (χ0v) is 23.0. The molecule has 0 radical (unpaired) electrons. The molecule has 1 N–H and O–H groups in total. The van der Waals surface area contributed by atoms with Crippen LogP contribution < -0.4 is 5.32 Å². The number of carbonyl (C=O) groups is 4. The molecule has 0 saturated carbocycles. The first-order valence-electron chi connectivity index (χ1n) is 11.2. The molecule has 1 heterocycles. The molecule has 0 spiro atoms. The molecule has 1 atom stereocenters. The fourth-order valence-electron chi connectivity index (χ4n) is 3.94. The van der Waals surface area contributed by atoms with Crippen LogP contribution >= 0.6 is 46.4 Å². The van der Waals surface area contributed by atoms with Crippen molar-refractivity contribution < 1.29 is 23.9 Å². The van der Waals surface area contributed by atoms with Gasteiger partial charge in [-0.2, -0.15) is 0 Å². The number of carbonyl (C=O) groups excluding carboxylic acids is 4. The summed E-state index contributed by atoms with van der Waals surface area (Å²) in [6.07, 6.45) is 0.0821. The number of para-hydroxylation sites is 1. The van der Waals surface area contributed by atoms with Gasteiger partial charge in [-0.15, -0.1) is 0 Å². The molecule has 2 aromatic carbocycles. The lowest BCUT2D eigenvalue weighted by Gasteiger charge is -2.26. The lowest BCUT2D eigenvalue weighted by atomic mass is 10.0. The van der Waals surface area contributed by atoms with Gasteiger partial charge in [-0.25, -0.2) is 4.79 Å². The van der Waals surface area contributed by atoms with Crippen molar-refractivity contribution in [2.45, 2.75) is 46.1 Å². The van der Waals surface area contributed by atoms with E-state index in [-0.39, 0.29) is 49.5 Å². The molecule has 3 amide bonds. The third-order valence-electron chi connectivity index (χ3n) is 5.61. The van der Waals surface area contributed by atoms with E-state index < -0.39 is 36.3 Å². The number of anilines is 1. The summed E-state index contributed by atoms with van der Waals surface area (Å²) < 4.78 is 5.24. The average Bonchev–Trinajstić information content (AvgIpc) is 3.08. The van der Waals surface area contributed by atoms with Crippen LogP contribution in [0.15, 0.2) is 24.3 Å². The number of imide groups is 1. The van der Waals surface area contributed by atoms with Crippen molar-refractivity contribution in [1.29, 1.82) is 0 Å². The second kappa shape index (κ2) is 11.4. The molecule has 11 heteroatoms. The van der Waals surface area contributed by atoms with Gasteiger partial charge in [0, 0.05) is 5.69 Å². The van der Waals surface area contributed by atoms with Crippen molar-refractivity contribution in [2.75, 3.05) is 11.9 Å². The van der Waals surface area contributed by atoms with Crippen molar-refractivity contribution in [2.24, 2.45) is 5.92 Å². The number of nitrogens with zero attached hydrogens (tertiary/aromatic N) is 1. The van der Waals surface area contributed by atoms with Crippen LogP contribution in [-0.4, -0.2) is 41.2 Å². The minimum Gasteiger partial charge on any atom is -0.454 e. The van der Waals surface area contributed by atoms with Gasteiger partial charge in [0.05, 0.1) is 31.2 Å². The third-order valence-corrected chi connectivity index (χ3v) is 7.42. The highest BCUT2D eigenvalue weighted by atomic mass is 35.5. The van der Waals surface area contributed by atoms with Gasteiger partial charge in [-0.05, 0) is 29.9 Å². The SMILES string of the molecule is CC(C)C[C@H](C(=O)OCC(=O)Nc1ccccc1C(C)C)N1C(=O)c2c(Cl)c(Cl)c(Cl)c(Cl)c2C1=O. The van der Waals surface area contributed by atoms with Crippen LogP contribution in [0.1, 0.15) is 66.3 Å². The zero-order valence-electron chi connectivity index (χ0n) is 20.0. The largest absolute Gasteiger partial charge is 0.454 e. The summed E-state index contributed by atoms with van der Waals surface area (Å²) in [5.74, 6) is -3.14. The van der Waals surface area contributed by atoms with Gasteiger partial charge < -0.3 is 10.1 Å². The minimum absolute atomic E-state index is 0.0821. The van der Waals surface area contributed by atoms with E-state index >= 15 is 0 Å². The van der Waals surface area contributed by atoms with E-state index in [0.717, 1.165) is 10.5 Å².